The molecule has 0 bridgehead atoms. The highest BCUT2D eigenvalue weighted by Gasteiger charge is 2.29. The summed E-state index contributed by atoms with van der Waals surface area (Å²) in [7, 11) is 0. The fourth-order valence-corrected chi connectivity index (χ4v) is 3.29. The van der Waals surface area contributed by atoms with E-state index in [0.29, 0.717) is 0 Å². The Morgan fingerprint density at radius 3 is 1.89 bits per heavy atom. The van der Waals surface area contributed by atoms with Crippen molar-refractivity contribution in [3.63, 3.8) is 0 Å². The summed E-state index contributed by atoms with van der Waals surface area (Å²) in [5.74, 6) is 0. The largest absolute Gasteiger partial charge is 0.265 e. The van der Waals surface area contributed by atoms with Gasteiger partial charge in [-0.15, -0.1) is 11.3 Å². The van der Waals surface area contributed by atoms with Gasteiger partial charge in [0.15, 0.2) is 0 Å². The molecule has 3 heteroatoms. The molecule has 0 atom stereocenters. The van der Waals surface area contributed by atoms with E-state index in [9.17, 15) is 0 Å². The topological polar surface area (TPSA) is 25.8 Å². The van der Waals surface area contributed by atoms with Gasteiger partial charge in [-0.1, -0.05) is 41.5 Å². The van der Waals surface area contributed by atoms with Gasteiger partial charge in [-0.3, -0.25) is 4.98 Å². The van der Waals surface area contributed by atoms with Gasteiger partial charge in [0.25, 0.3) is 0 Å². The van der Waals surface area contributed by atoms with Crippen molar-refractivity contribution < 1.29 is 0 Å². The summed E-state index contributed by atoms with van der Waals surface area (Å²) in [5, 5.41) is 1.09. The third-order valence-electron chi connectivity index (χ3n) is 2.95. The molecule has 0 aliphatic heterocycles. The second kappa shape index (κ2) is 4.71. The SMILES string of the molecule is CC(C)(C)c1nc(-c2ccncc2)sc1C(C)(C)C. The highest BCUT2D eigenvalue weighted by molar-refractivity contribution is 7.15. The molecule has 0 saturated heterocycles. The number of aromatic nitrogens is 2. The monoisotopic (exact) mass is 274 g/mol. The van der Waals surface area contributed by atoms with Crippen LogP contribution < -0.4 is 0 Å². The maximum absolute atomic E-state index is 4.91. The Labute approximate surface area is 119 Å². The van der Waals surface area contributed by atoms with Crippen LogP contribution in [0.3, 0.4) is 0 Å². The van der Waals surface area contributed by atoms with E-state index in [4.69, 9.17) is 4.98 Å². The molecule has 0 radical (unpaired) electrons. The van der Waals surface area contributed by atoms with E-state index in [1.54, 1.807) is 0 Å². The Hall–Kier alpha value is -1.22. The molecule has 2 rings (SSSR count). The zero-order chi connectivity index (χ0) is 14.3. The highest BCUT2D eigenvalue weighted by atomic mass is 32.1. The normalized spacial score (nSPS) is 12.7. The minimum Gasteiger partial charge on any atom is -0.265 e. The molecular weight excluding hydrogens is 252 g/mol. The zero-order valence-electron chi connectivity index (χ0n) is 12.6. The average molecular weight is 274 g/mol. The van der Waals surface area contributed by atoms with Crippen molar-refractivity contribution in [3.8, 4) is 10.6 Å². The summed E-state index contributed by atoms with van der Waals surface area (Å²) in [5.41, 5.74) is 2.58. The summed E-state index contributed by atoms with van der Waals surface area (Å²) in [6, 6.07) is 4.05. The van der Waals surface area contributed by atoms with Crippen LogP contribution in [-0.2, 0) is 10.8 Å². The van der Waals surface area contributed by atoms with Gasteiger partial charge in [0.1, 0.15) is 5.01 Å². The van der Waals surface area contributed by atoms with Crippen LogP contribution in [0.25, 0.3) is 10.6 Å². The fraction of sp³-hybridized carbons (Fsp3) is 0.500. The molecule has 0 aliphatic carbocycles. The first-order valence-corrected chi connectivity index (χ1v) is 7.43. The van der Waals surface area contributed by atoms with E-state index >= 15 is 0 Å². The van der Waals surface area contributed by atoms with Gasteiger partial charge < -0.3 is 0 Å². The molecule has 2 aromatic heterocycles. The van der Waals surface area contributed by atoms with Gasteiger partial charge in [0, 0.05) is 28.2 Å². The Kier molecular flexibility index (Phi) is 3.52. The molecule has 0 spiro atoms. The van der Waals surface area contributed by atoms with E-state index in [0.717, 1.165) is 10.6 Å². The molecule has 0 fully saturated rings. The second-order valence-electron chi connectivity index (χ2n) is 6.93. The fourth-order valence-electron chi connectivity index (χ4n) is 1.95. The number of hydrogen-bond donors (Lipinski definition) is 0. The molecule has 2 aromatic rings. The lowest BCUT2D eigenvalue weighted by Crippen LogP contribution is -2.20. The Balaban J connectivity index is 2.59. The summed E-state index contributed by atoms with van der Waals surface area (Å²) in [6.45, 7) is 13.5. The summed E-state index contributed by atoms with van der Waals surface area (Å²) in [6.07, 6.45) is 3.65. The van der Waals surface area contributed by atoms with Crippen LogP contribution in [0.1, 0.15) is 52.1 Å². The first-order chi connectivity index (χ1) is 8.69. The molecule has 0 aliphatic rings. The van der Waals surface area contributed by atoms with Crippen LogP contribution in [0.4, 0.5) is 0 Å². The van der Waals surface area contributed by atoms with Crippen LogP contribution in [0.5, 0.6) is 0 Å². The van der Waals surface area contributed by atoms with Crippen molar-refractivity contribution in [2.24, 2.45) is 0 Å². The van der Waals surface area contributed by atoms with Crippen molar-refractivity contribution in [2.45, 2.75) is 52.4 Å². The van der Waals surface area contributed by atoms with Crippen LogP contribution in [0.2, 0.25) is 0 Å². The van der Waals surface area contributed by atoms with E-state index < -0.39 is 0 Å². The van der Waals surface area contributed by atoms with Crippen LogP contribution in [-0.4, -0.2) is 9.97 Å². The Morgan fingerprint density at radius 1 is 0.895 bits per heavy atom. The lowest BCUT2D eigenvalue weighted by Gasteiger charge is -2.24. The first-order valence-electron chi connectivity index (χ1n) is 6.62. The Bertz CT molecular complexity index is 525. The maximum atomic E-state index is 4.91. The minimum absolute atomic E-state index is 0.0738. The molecule has 0 saturated carbocycles. The lowest BCUT2D eigenvalue weighted by molar-refractivity contribution is 0.527. The molecule has 0 aromatic carbocycles. The molecule has 0 amide bonds. The molecule has 102 valence electrons. The van der Waals surface area contributed by atoms with E-state index in [-0.39, 0.29) is 10.8 Å². The summed E-state index contributed by atoms with van der Waals surface area (Å²) < 4.78 is 0. The lowest BCUT2D eigenvalue weighted by atomic mass is 9.84. The second-order valence-corrected chi connectivity index (χ2v) is 7.93. The predicted molar refractivity (Wildman–Crippen MR) is 82.7 cm³/mol. The van der Waals surface area contributed by atoms with E-state index in [1.807, 2.05) is 35.9 Å². The first kappa shape index (κ1) is 14.2. The van der Waals surface area contributed by atoms with Crippen molar-refractivity contribution in [1.82, 2.24) is 9.97 Å². The number of nitrogens with zero attached hydrogens (tertiary/aromatic N) is 2. The number of hydrogen-bond acceptors (Lipinski definition) is 3. The molecule has 2 nitrogen and oxygen atoms in total. The summed E-state index contributed by atoms with van der Waals surface area (Å²) in [4.78, 5) is 10.4. The van der Waals surface area contributed by atoms with Gasteiger partial charge in [0.05, 0.1) is 5.69 Å². The van der Waals surface area contributed by atoms with Crippen LogP contribution in [0.15, 0.2) is 24.5 Å². The number of rotatable bonds is 1. The van der Waals surface area contributed by atoms with Crippen molar-refractivity contribution in [1.29, 1.82) is 0 Å². The third-order valence-corrected chi connectivity index (χ3v) is 4.48. The quantitative estimate of drug-likeness (QED) is 0.746. The van der Waals surface area contributed by atoms with Crippen molar-refractivity contribution >= 4 is 11.3 Å². The van der Waals surface area contributed by atoms with Gasteiger partial charge >= 0.3 is 0 Å². The van der Waals surface area contributed by atoms with Gasteiger partial charge in [-0.2, -0.15) is 0 Å². The molecular formula is C16H22N2S. The minimum atomic E-state index is 0.0738. The van der Waals surface area contributed by atoms with Crippen LogP contribution >= 0.6 is 11.3 Å². The standard InChI is InChI=1S/C16H22N2S/c1-15(2,3)12-13(16(4,5)6)19-14(18-12)11-7-9-17-10-8-11/h7-10H,1-6H3. The van der Waals surface area contributed by atoms with Gasteiger partial charge in [0.2, 0.25) is 0 Å². The predicted octanol–water partition coefficient (Wildman–Crippen LogP) is 4.80. The van der Waals surface area contributed by atoms with Gasteiger partial charge in [-0.25, -0.2) is 4.98 Å². The van der Waals surface area contributed by atoms with Crippen molar-refractivity contribution in [3.05, 3.63) is 35.1 Å². The molecule has 2 heterocycles. The zero-order valence-corrected chi connectivity index (χ0v) is 13.4. The smallest absolute Gasteiger partial charge is 0.124 e. The van der Waals surface area contributed by atoms with E-state index in [1.165, 1.54) is 10.6 Å². The molecule has 19 heavy (non-hydrogen) atoms. The number of thiazole rings is 1. The van der Waals surface area contributed by atoms with E-state index in [2.05, 4.69) is 46.5 Å². The average Bonchev–Trinajstić information content (AvgIpc) is 2.74. The molecule has 0 N–H and O–H groups in total. The third kappa shape index (κ3) is 3.03. The van der Waals surface area contributed by atoms with Crippen molar-refractivity contribution in [2.75, 3.05) is 0 Å². The highest BCUT2D eigenvalue weighted by Crippen LogP contribution is 2.40. The van der Waals surface area contributed by atoms with Crippen LogP contribution in [0, 0.1) is 0 Å². The maximum Gasteiger partial charge on any atom is 0.124 e. The number of pyridine rings is 1. The Morgan fingerprint density at radius 2 is 1.47 bits per heavy atom. The van der Waals surface area contributed by atoms with Gasteiger partial charge in [-0.05, 0) is 17.5 Å². The summed E-state index contributed by atoms with van der Waals surface area (Å²) >= 11 is 1.81. The molecule has 0 unspecified atom stereocenters.